The van der Waals surface area contributed by atoms with Crippen LogP contribution in [0.15, 0.2) is 36.4 Å². The Labute approximate surface area is 199 Å². The fourth-order valence-corrected chi connectivity index (χ4v) is 2.09. The summed E-state index contributed by atoms with van der Waals surface area (Å²) in [7, 11) is 9.53. The van der Waals surface area contributed by atoms with Crippen molar-refractivity contribution in [1.29, 1.82) is 0 Å². The van der Waals surface area contributed by atoms with E-state index in [1.165, 1.54) is 0 Å². The Morgan fingerprint density at radius 2 is 1.04 bits per heavy atom. The van der Waals surface area contributed by atoms with Gasteiger partial charge in [0.2, 0.25) is 0 Å². The van der Waals surface area contributed by atoms with E-state index in [1.54, 1.807) is 0 Å². The third kappa shape index (κ3) is 12.8. The third-order valence-corrected chi connectivity index (χ3v) is 2.95. The second-order valence-electron chi connectivity index (χ2n) is 4.55. The van der Waals surface area contributed by atoms with Gasteiger partial charge in [-0.1, -0.05) is 12.1 Å². The summed E-state index contributed by atoms with van der Waals surface area (Å²) < 4.78 is 0. The summed E-state index contributed by atoms with van der Waals surface area (Å²) in [6, 6.07) is 12.3. The van der Waals surface area contributed by atoms with Gasteiger partial charge in [-0.15, -0.1) is 0 Å². The normalized spacial score (nSPS) is 13.0. The summed E-state index contributed by atoms with van der Waals surface area (Å²) in [5, 5.41) is 6.75. The summed E-state index contributed by atoms with van der Waals surface area (Å²) in [5.41, 5.74) is 4.30. The van der Waals surface area contributed by atoms with Gasteiger partial charge in [0, 0.05) is 26.2 Å². The van der Waals surface area contributed by atoms with Crippen molar-refractivity contribution >= 4 is 57.4 Å². The Hall–Kier alpha value is 1.80. The van der Waals surface area contributed by atoms with E-state index in [1.807, 2.05) is 24.3 Å². The van der Waals surface area contributed by atoms with E-state index in [0.29, 0.717) is 13.3 Å². The maximum Gasteiger partial charge on any atom is 0.0545 e. The van der Waals surface area contributed by atoms with Crippen molar-refractivity contribution in [3.8, 4) is 0 Å². The maximum atomic E-state index is 4.76. The van der Waals surface area contributed by atoms with E-state index in [2.05, 4.69) is 70.0 Å². The molecule has 2 aromatic rings. The van der Waals surface area contributed by atoms with Crippen molar-refractivity contribution in [2.24, 2.45) is 0 Å². The van der Waals surface area contributed by atoms with Crippen molar-refractivity contribution in [1.82, 2.24) is 20.6 Å². The minimum absolute atomic E-state index is 0. The van der Waals surface area contributed by atoms with Gasteiger partial charge >= 0.3 is 83.8 Å². The van der Waals surface area contributed by atoms with Crippen LogP contribution in [0.5, 0.6) is 0 Å². The molecule has 25 heavy (non-hydrogen) atoms. The molecular formula is C14H16Cl3FeI3N4-2. The quantitative estimate of drug-likeness (QED) is 0.254. The van der Waals surface area contributed by atoms with Gasteiger partial charge in [-0.2, -0.15) is 0 Å². The smallest absolute Gasteiger partial charge is 0.0545 e. The molecule has 0 fully saturated rings. The van der Waals surface area contributed by atoms with E-state index in [0.717, 1.165) is 49.0 Å². The van der Waals surface area contributed by atoms with Crippen LogP contribution in [0.4, 0.5) is 0 Å². The number of rotatable bonds is 0. The molecule has 0 aliphatic carbocycles. The average Bonchev–Trinajstić information content (AvgIpc) is 2.57. The minimum Gasteiger partial charge on any atom is -0.306 e. The Balaban J connectivity index is 0.000000729. The maximum absolute atomic E-state index is 4.76. The number of hydrogen-bond acceptors (Lipinski definition) is 4. The predicted octanol–water partition coefficient (Wildman–Crippen LogP) is -1.47. The van der Waals surface area contributed by atoms with Crippen LogP contribution in [0.1, 0.15) is 22.8 Å². The van der Waals surface area contributed by atoms with Gasteiger partial charge in [-0.3, -0.25) is 9.97 Å². The average molecular weight is 783 g/mol. The van der Waals surface area contributed by atoms with Crippen molar-refractivity contribution in [2.45, 2.75) is 26.2 Å². The van der Waals surface area contributed by atoms with Crippen molar-refractivity contribution < 1.29 is 38.8 Å². The SMILES string of the molecule is I[I-]I.[Cl-].[Cl][Fe][Cl].c1cc2nc(c1)CNCc1cccc(n1)CNC2. The van der Waals surface area contributed by atoms with Crippen molar-refractivity contribution in [2.75, 3.05) is 0 Å². The summed E-state index contributed by atoms with van der Waals surface area (Å²) >= 11 is 5.49. The van der Waals surface area contributed by atoms with Crippen LogP contribution in [-0.2, 0) is 39.3 Å². The van der Waals surface area contributed by atoms with Gasteiger partial charge in [0.15, 0.2) is 0 Å². The molecule has 1 aliphatic heterocycles. The van der Waals surface area contributed by atoms with Crippen LogP contribution < -0.4 is 36.3 Å². The van der Waals surface area contributed by atoms with Gasteiger partial charge in [0.05, 0.1) is 22.8 Å². The number of hydrogen-bond donors (Lipinski definition) is 2. The second-order valence-corrected chi connectivity index (χ2v) is 22.6. The number of nitrogens with one attached hydrogen (secondary N) is 2. The fourth-order valence-electron chi connectivity index (χ4n) is 2.09. The van der Waals surface area contributed by atoms with E-state index < -0.39 is 0 Å². The Morgan fingerprint density at radius 1 is 0.800 bits per heavy atom. The first-order valence-corrected chi connectivity index (χ1v) is 22.4. The zero-order valence-electron chi connectivity index (χ0n) is 12.8. The minimum atomic E-state index is 0. The molecule has 0 aromatic carbocycles. The molecule has 1 aliphatic rings. The molecule has 4 nitrogen and oxygen atoms in total. The summed E-state index contributed by atoms with van der Waals surface area (Å²) in [6.45, 7) is 3.11. The molecule has 0 atom stereocenters. The molecule has 0 spiro atoms. The Kier molecular flexibility index (Phi) is 19.2. The first-order chi connectivity index (χ1) is 11.7. The van der Waals surface area contributed by atoms with Gasteiger partial charge < -0.3 is 23.0 Å². The fraction of sp³-hybridized carbons (Fsp3) is 0.286. The van der Waals surface area contributed by atoms with Crippen LogP contribution in [0, 0.1) is 0 Å². The van der Waals surface area contributed by atoms with Gasteiger partial charge in [-0.25, -0.2) is 0 Å². The zero-order chi connectivity index (χ0) is 17.6. The van der Waals surface area contributed by atoms with Crippen molar-refractivity contribution in [3.05, 3.63) is 59.2 Å². The molecule has 2 N–H and O–H groups in total. The summed E-state index contributed by atoms with van der Waals surface area (Å²) in [4.78, 5) is 9.20. The van der Waals surface area contributed by atoms with Crippen LogP contribution >= 0.6 is 57.4 Å². The second kappa shape index (κ2) is 17.9. The zero-order valence-corrected chi connectivity index (χ0v) is 22.7. The summed E-state index contributed by atoms with van der Waals surface area (Å²) in [5.74, 6) is 0. The first kappa shape index (κ1) is 26.8. The third-order valence-electron chi connectivity index (χ3n) is 2.95. The molecular weight excluding hydrogens is 767 g/mol. The topological polar surface area (TPSA) is 49.8 Å². The van der Waals surface area contributed by atoms with Crippen LogP contribution in [0.25, 0.3) is 0 Å². The molecule has 144 valence electrons. The Bertz CT molecular complexity index is 509. The summed E-state index contributed by atoms with van der Waals surface area (Å²) in [6.07, 6.45) is 0. The van der Waals surface area contributed by atoms with Gasteiger partial charge in [-0.05, 0) is 24.3 Å². The van der Waals surface area contributed by atoms with Crippen LogP contribution in [0.3, 0.4) is 0 Å². The molecule has 3 heterocycles. The molecule has 0 saturated carbocycles. The molecule has 0 amide bonds. The first-order valence-electron chi connectivity index (χ1n) is 6.76. The number of aromatic nitrogens is 2. The predicted molar refractivity (Wildman–Crippen MR) is 109 cm³/mol. The van der Waals surface area contributed by atoms with E-state index in [-0.39, 0.29) is 25.5 Å². The van der Waals surface area contributed by atoms with Crippen molar-refractivity contribution in [3.63, 3.8) is 0 Å². The van der Waals surface area contributed by atoms with Crippen LogP contribution in [0.2, 0.25) is 0 Å². The molecule has 2 aromatic heterocycles. The number of pyridine rings is 2. The van der Waals surface area contributed by atoms with Gasteiger partial charge in [0.1, 0.15) is 0 Å². The van der Waals surface area contributed by atoms with E-state index >= 15 is 0 Å². The number of fused-ring (bicyclic) bond motifs is 4. The van der Waals surface area contributed by atoms with Gasteiger partial charge in [0.25, 0.3) is 0 Å². The van der Waals surface area contributed by atoms with E-state index in [9.17, 15) is 0 Å². The standard InChI is InChI=1S/C14H16N4.3ClH.Fe.I3/c1-3-11-7-15-9-13-5-2-6-14(18-13)10-16-8-12(4-1)17-11;;;;;1-3-2/h1-6,15-16H,7-10H2;3*1H;;/q;;;;+2;-1/p-3. The van der Waals surface area contributed by atoms with Crippen LogP contribution in [-0.4, -0.2) is 9.97 Å². The molecule has 0 radical (unpaired) electrons. The Morgan fingerprint density at radius 3 is 1.28 bits per heavy atom. The molecule has 11 heteroatoms. The number of nitrogens with zero attached hydrogens (tertiary/aromatic N) is 2. The molecule has 0 saturated heterocycles. The number of halogens is 6. The molecule has 4 bridgehead atoms. The monoisotopic (exact) mass is 782 g/mol. The largest absolute Gasteiger partial charge is 0.306 e. The molecule has 3 rings (SSSR count). The van der Waals surface area contributed by atoms with E-state index in [4.69, 9.17) is 20.2 Å². The molecule has 0 unspecified atom stereocenters.